The van der Waals surface area contributed by atoms with Gasteiger partial charge < -0.3 is 4.79 Å². The molecule has 0 aromatic rings. The highest BCUT2D eigenvalue weighted by Crippen LogP contribution is 2.26. The summed E-state index contributed by atoms with van der Waals surface area (Å²) >= 11 is 0. The molecule has 0 saturated carbocycles. The molecule has 0 amide bonds. The lowest BCUT2D eigenvalue weighted by molar-refractivity contribution is -0.117. The molecule has 0 bridgehead atoms. The minimum absolute atomic E-state index is 0.258. The molecule has 0 aromatic carbocycles. The molecule has 118 valence electrons. The van der Waals surface area contributed by atoms with Gasteiger partial charge >= 0.3 is 0 Å². The van der Waals surface area contributed by atoms with Crippen molar-refractivity contribution in [2.24, 2.45) is 5.92 Å². The molecule has 2 heteroatoms. The summed E-state index contributed by atoms with van der Waals surface area (Å²) in [6.45, 7) is 8.06. The third kappa shape index (κ3) is 6.41. The van der Waals surface area contributed by atoms with Crippen molar-refractivity contribution >= 4 is 11.6 Å². The Morgan fingerprint density at radius 1 is 1.10 bits per heavy atom. The van der Waals surface area contributed by atoms with Gasteiger partial charge in [0.1, 0.15) is 5.78 Å². The maximum absolute atomic E-state index is 12.3. The molecule has 21 heavy (non-hydrogen) atoms. The van der Waals surface area contributed by atoms with E-state index in [1.807, 2.05) is 0 Å². The Hall–Kier alpha value is -1.18. The summed E-state index contributed by atoms with van der Waals surface area (Å²) in [5, 5.41) is 0. The molecule has 0 radical (unpaired) electrons. The van der Waals surface area contributed by atoms with Crippen LogP contribution in [0.25, 0.3) is 0 Å². The SMILES string of the molecule is CCCC(CCC(C)=O)CCC(=O)C1=CC(C)=C(C)CC1. The van der Waals surface area contributed by atoms with Crippen LogP contribution in [0.3, 0.4) is 0 Å². The van der Waals surface area contributed by atoms with Gasteiger partial charge in [-0.3, -0.25) is 4.79 Å². The Bertz CT molecular complexity index is 440. The highest BCUT2D eigenvalue weighted by Gasteiger charge is 2.17. The fourth-order valence-corrected chi connectivity index (χ4v) is 2.94. The van der Waals surface area contributed by atoms with Crippen LogP contribution in [0.2, 0.25) is 0 Å². The van der Waals surface area contributed by atoms with Gasteiger partial charge in [-0.1, -0.05) is 37.0 Å². The maximum Gasteiger partial charge on any atom is 0.158 e. The maximum atomic E-state index is 12.3. The van der Waals surface area contributed by atoms with Crippen LogP contribution < -0.4 is 0 Å². The molecule has 0 aromatic heterocycles. The molecule has 2 nitrogen and oxygen atoms in total. The molecule has 0 N–H and O–H groups in total. The number of hydrogen-bond acceptors (Lipinski definition) is 2. The van der Waals surface area contributed by atoms with Crippen LogP contribution in [0.4, 0.5) is 0 Å². The molecule has 0 fully saturated rings. The Balaban J connectivity index is 2.49. The molecule has 1 aliphatic rings. The van der Waals surface area contributed by atoms with Gasteiger partial charge in [0.05, 0.1) is 0 Å². The van der Waals surface area contributed by atoms with E-state index in [1.165, 1.54) is 11.1 Å². The van der Waals surface area contributed by atoms with E-state index in [0.717, 1.165) is 44.1 Å². The summed E-state index contributed by atoms with van der Waals surface area (Å²) < 4.78 is 0. The van der Waals surface area contributed by atoms with Crippen LogP contribution in [-0.4, -0.2) is 11.6 Å². The Labute approximate surface area is 129 Å². The van der Waals surface area contributed by atoms with Crippen molar-refractivity contribution < 1.29 is 9.59 Å². The van der Waals surface area contributed by atoms with E-state index in [1.54, 1.807) is 6.92 Å². The number of ketones is 2. The van der Waals surface area contributed by atoms with Gasteiger partial charge in [-0.15, -0.1) is 0 Å². The zero-order valence-corrected chi connectivity index (χ0v) is 14.1. The Morgan fingerprint density at radius 2 is 1.76 bits per heavy atom. The summed E-state index contributed by atoms with van der Waals surface area (Å²) in [5.74, 6) is 1.09. The third-order valence-electron chi connectivity index (χ3n) is 4.57. The van der Waals surface area contributed by atoms with E-state index in [2.05, 4.69) is 26.8 Å². The van der Waals surface area contributed by atoms with Gasteiger partial charge in [0, 0.05) is 12.8 Å². The van der Waals surface area contributed by atoms with Gasteiger partial charge in [0.25, 0.3) is 0 Å². The summed E-state index contributed by atoms with van der Waals surface area (Å²) in [7, 11) is 0. The molecule has 0 saturated heterocycles. The van der Waals surface area contributed by atoms with Crippen molar-refractivity contribution in [3.05, 3.63) is 22.8 Å². The molecular formula is C19H30O2. The average molecular weight is 290 g/mol. The second-order valence-corrected chi connectivity index (χ2v) is 6.49. The minimum atomic E-state index is 0.258. The first-order valence-corrected chi connectivity index (χ1v) is 8.33. The predicted octanol–water partition coefficient (Wildman–Crippen LogP) is 5.18. The van der Waals surface area contributed by atoms with E-state index in [0.29, 0.717) is 24.5 Å². The molecule has 1 atom stereocenters. The molecular weight excluding hydrogens is 260 g/mol. The first kappa shape index (κ1) is 17.9. The molecule has 1 aliphatic carbocycles. The molecule has 1 rings (SSSR count). The van der Waals surface area contributed by atoms with Crippen molar-refractivity contribution in [3.8, 4) is 0 Å². The summed E-state index contributed by atoms with van der Waals surface area (Å²) in [4.78, 5) is 23.5. The smallest absolute Gasteiger partial charge is 0.158 e. The largest absolute Gasteiger partial charge is 0.300 e. The van der Waals surface area contributed by atoms with E-state index < -0.39 is 0 Å². The molecule has 0 aliphatic heterocycles. The number of allylic oxidation sites excluding steroid dienone is 4. The lowest BCUT2D eigenvalue weighted by Crippen LogP contribution is -2.10. The van der Waals surface area contributed by atoms with Crippen molar-refractivity contribution in [1.29, 1.82) is 0 Å². The zero-order chi connectivity index (χ0) is 15.8. The van der Waals surface area contributed by atoms with Crippen molar-refractivity contribution in [1.82, 2.24) is 0 Å². The van der Waals surface area contributed by atoms with Crippen LogP contribution in [0.1, 0.15) is 79.1 Å². The minimum Gasteiger partial charge on any atom is -0.300 e. The number of hydrogen-bond donors (Lipinski definition) is 0. The first-order valence-electron chi connectivity index (χ1n) is 8.33. The fraction of sp³-hybridized carbons (Fsp3) is 0.684. The third-order valence-corrected chi connectivity index (χ3v) is 4.57. The fourth-order valence-electron chi connectivity index (χ4n) is 2.94. The van der Waals surface area contributed by atoms with Crippen LogP contribution in [0.5, 0.6) is 0 Å². The van der Waals surface area contributed by atoms with E-state index in [4.69, 9.17) is 0 Å². The number of Topliss-reactive ketones (excluding diaryl/α,β-unsaturated/α-hetero) is 2. The van der Waals surface area contributed by atoms with Gasteiger partial charge in [-0.25, -0.2) is 0 Å². The zero-order valence-electron chi connectivity index (χ0n) is 14.1. The van der Waals surface area contributed by atoms with Crippen LogP contribution in [-0.2, 0) is 9.59 Å². The predicted molar refractivity (Wildman–Crippen MR) is 88.2 cm³/mol. The molecule has 0 heterocycles. The van der Waals surface area contributed by atoms with Gasteiger partial charge in [-0.2, -0.15) is 0 Å². The topological polar surface area (TPSA) is 34.1 Å². The van der Waals surface area contributed by atoms with Gasteiger partial charge in [0.2, 0.25) is 0 Å². The van der Waals surface area contributed by atoms with E-state index in [9.17, 15) is 9.59 Å². The normalized spacial score (nSPS) is 16.7. The van der Waals surface area contributed by atoms with Crippen LogP contribution in [0, 0.1) is 5.92 Å². The van der Waals surface area contributed by atoms with Gasteiger partial charge in [-0.05, 0) is 57.9 Å². The number of carbonyl (C=O) groups is 2. The van der Waals surface area contributed by atoms with E-state index >= 15 is 0 Å². The second-order valence-electron chi connectivity index (χ2n) is 6.49. The summed E-state index contributed by atoms with van der Waals surface area (Å²) in [5.41, 5.74) is 3.66. The first-order chi connectivity index (χ1) is 9.93. The van der Waals surface area contributed by atoms with E-state index in [-0.39, 0.29) is 5.78 Å². The van der Waals surface area contributed by atoms with Crippen molar-refractivity contribution in [2.45, 2.75) is 79.1 Å². The monoisotopic (exact) mass is 290 g/mol. The van der Waals surface area contributed by atoms with Crippen LogP contribution in [0.15, 0.2) is 22.8 Å². The van der Waals surface area contributed by atoms with Crippen molar-refractivity contribution in [2.75, 3.05) is 0 Å². The standard InChI is InChI=1S/C19H30O2/c1-5-6-17(9-8-16(4)20)10-12-19(21)18-11-7-14(2)15(3)13-18/h13,17H,5-12H2,1-4H3. The lowest BCUT2D eigenvalue weighted by Gasteiger charge is -2.17. The van der Waals surface area contributed by atoms with Crippen LogP contribution >= 0.6 is 0 Å². The Morgan fingerprint density at radius 3 is 2.33 bits per heavy atom. The van der Waals surface area contributed by atoms with Gasteiger partial charge in [0.15, 0.2) is 5.78 Å². The number of carbonyl (C=O) groups excluding carboxylic acids is 2. The highest BCUT2D eigenvalue weighted by atomic mass is 16.1. The molecule has 0 spiro atoms. The second kappa shape index (κ2) is 8.96. The lowest BCUT2D eigenvalue weighted by atomic mass is 9.87. The molecule has 1 unspecified atom stereocenters. The summed E-state index contributed by atoms with van der Waals surface area (Å²) in [6.07, 6.45) is 9.40. The van der Waals surface area contributed by atoms with Crippen molar-refractivity contribution in [3.63, 3.8) is 0 Å². The Kier molecular flexibility index (Phi) is 7.63. The quantitative estimate of drug-likeness (QED) is 0.586. The average Bonchev–Trinajstić information content (AvgIpc) is 2.44. The number of rotatable bonds is 9. The highest BCUT2D eigenvalue weighted by molar-refractivity contribution is 5.96. The summed E-state index contributed by atoms with van der Waals surface area (Å²) in [6, 6.07) is 0.